The Morgan fingerprint density at radius 3 is 1.11 bits per heavy atom. The molecular formula is C34H34O2S2. The zero-order chi connectivity index (χ0) is 26.4. The number of Topliss-reactive ketones (excluding diaryl/α,β-unsaturated/α-hetero) is 2. The second kappa shape index (κ2) is 15.4. The molecule has 0 fully saturated rings. The topological polar surface area (TPSA) is 34.1 Å². The highest BCUT2D eigenvalue weighted by atomic mass is 32.2. The third-order valence-corrected chi connectivity index (χ3v) is 9.09. The van der Waals surface area contributed by atoms with Crippen LogP contribution in [0.5, 0.6) is 0 Å². The molecule has 0 heterocycles. The lowest BCUT2D eigenvalue weighted by atomic mass is 10.0. The van der Waals surface area contributed by atoms with Crippen LogP contribution >= 0.6 is 23.5 Å². The Kier molecular flexibility index (Phi) is 11.3. The molecule has 4 aromatic carbocycles. The van der Waals surface area contributed by atoms with E-state index in [1.165, 1.54) is 0 Å². The fraction of sp³-hybridized carbons (Fsp3) is 0.235. The number of ketones is 2. The van der Waals surface area contributed by atoms with Crippen LogP contribution in [0.4, 0.5) is 0 Å². The maximum absolute atomic E-state index is 13.2. The van der Waals surface area contributed by atoms with E-state index in [-0.39, 0.29) is 22.1 Å². The molecule has 0 spiro atoms. The predicted molar refractivity (Wildman–Crippen MR) is 163 cm³/mol. The third-order valence-electron chi connectivity index (χ3n) is 6.41. The van der Waals surface area contributed by atoms with E-state index in [0.29, 0.717) is 0 Å². The Labute approximate surface area is 235 Å². The summed E-state index contributed by atoms with van der Waals surface area (Å²) in [5, 5.41) is -0.352. The molecule has 0 saturated carbocycles. The van der Waals surface area contributed by atoms with E-state index in [0.717, 1.165) is 59.4 Å². The van der Waals surface area contributed by atoms with Gasteiger partial charge in [-0.1, -0.05) is 134 Å². The van der Waals surface area contributed by atoms with Crippen LogP contribution in [0.25, 0.3) is 0 Å². The summed E-state index contributed by atoms with van der Waals surface area (Å²) in [5.41, 5.74) is 3.67. The van der Waals surface area contributed by atoms with Gasteiger partial charge in [-0.05, 0) is 35.5 Å². The van der Waals surface area contributed by atoms with Gasteiger partial charge in [0.2, 0.25) is 0 Å². The summed E-state index contributed by atoms with van der Waals surface area (Å²) in [7, 11) is 0. The molecule has 2 unspecified atom stereocenters. The molecule has 194 valence electrons. The fourth-order valence-corrected chi connectivity index (χ4v) is 6.86. The van der Waals surface area contributed by atoms with Crippen molar-refractivity contribution < 1.29 is 9.59 Å². The first-order valence-electron chi connectivity index (χ1n) is 13.3. The first-order valence-corrected chi connectivity index (χ1v) is 15.4. The molecule has 0 aliphatic carbocycles. The summed E-state index contributed by atoms with van der Waals surface area (Å²) in [5.74, 6) is 2.25. The minimum atomic E-state index is -0.176. The standard InChI is InChI=1S/C34H34O2S2/c35-31(27-17-7-3-8-18-27)33(29-21-11-5-12-22-29)37-25-15-1-2-16-26-38-34(30-23-13-6-14-24-30)32(36)28-19-9-4-10-20-28/h3-14,17-24,33-34H,1-2,15-16,25-26H2. The third kappa shape index (κ3) is 8.21. The van der Waals surface area contributed by atoms with Crippen LogP contribution in [0.3, 0.4) is 0 Å². The Bertz CT molecular complexity index is 1140. The van der Waals surface area contributed by atoms with Crippen molar-refractivity contribution >= 4 is 35.1 Å². The van der Waals surface area contributed by atoms with Gasteiger partial charge in [-0.15, -0.1) is 23.5 Å². The van der Waals surface area contributed by atoms with E-state index in [9.17, 15) is 9.59 Å². The fourth-order valence-electron chi connectivity index (χ4n) is 4.37. The van der Waals surface area contributed by atoms with Crippen LogP contribution in [0, 0.1) is 0 Å². The van der Waals surface area contributed by atoms with Crippen LogP contribution in [0.15, 0.2) is 121 Å². The van der Waals surface area contributed by atoms with Gasteiger partial charge in [0.15, 0.2) is 11.6 Å². The van der Waals surface area contributed by atoms with Crippen molar-refractivity contribution in [1.82, 2.24) is 0 Å². The Hall–Kier alpha value is -3.08. The van der Waals surface area contributed by atoms with Gasteiger partial charge in [0.25, 0.3) is 0 Å². The highest BCUT2D eigenvalue weighted by Crippen LogP contribution is 2.35. The predicted octanol–water partition coefficient (Wildman–Crippen LogP) is 9.26. The maximum atomic E-state index is 13.2. The molecule has 0 amide bonds. The summed E-state index contributed by atoms with van der Waals surface area (Å²) in [6, 6.07) is 39.4. The van der Waals surface area contributed by atoms with Crippen molar-refractivity contribution in [2.45, 2.75) is 36.2 Å². The molecule has 0 N–H and O–H groups in total. The van der Waals surface area contributed by atoms with E-state index >= 15 is 0 Å². The van der Waals surface area contributed by atoms with Crippen LogP contribution in [-0.2, 0) is 0 Å². The molecule has 2 atom stereocenters. The maximum Gasteiger partial charge on any atom is 0.180 e. The summed E-state index contributed by atoms with van der Waals surface area (Å²) in [6.45, 7) is 0. The van der Waals surface area contributed by atoms with Crippen molar-refractivity contribution in [3.05, 3.63) is 144 Å². The largest absolute Gasteiger partial charge is 0.293 e. The zero-order valence-corrected chi connectivity index (χ0v) is 23.2. The number of hydrogen-bond acceptors (Lipinski definition) is 4. The summed E-state index contributed by atoms with van der Waals surface area (Å²) < 4.78 is 0. The summed E-state index contributed by atoms with van der Waals surface area (Å²) in [4.78, 5) is 26.5. The highest BCUT2D eigenvalue weighted by Gasteiger charge is 2.23. The number of rotatable bonds is 15. The lowest BCUT2D eigenvalue weighted by Crippen LogP contribution is -2.11. The lowest BCUT2D eigenvalue weighted by molar-refractivity contribution is 0.0981. The van der Waals surface area contributed by atoms with Crippen LogP contribution < -0.4 is 0 Å². The van der Waals surface area contributed by atoms with Gasteiger partial charge in [0.05, 0.1) is 10.5 Å². The van der Waals surface area contributed by atoms with E-state index in [1.54, 1.807) is 23.5 Å². The van der Waals surface area contributed by atoms with Gasteiger partial charge in [-0.25, -0.2) is 0 Å². The summed E-state index contributed by atoms with van der Waals surface area (Å²) in [6.07, 6.45) is 4.39. The number of carbonyl (C=O) groups excluding carboxylic acids is 2. The Balaban J connectivity index is 1.23. The van der Waals surface area contributed by atoms with E-state index < -0.39 is 0 Å². The van der Waals surface area contributed by atoms with Crippen molar-refractivity contribution in [2.75, 3.05) is 11.5 Å². The molecule has 38 heavy (non-hydrogen) atoms. The molecule has 0 bridgehead atoms. The number of hydrogen-bond donors (Lipinski definition) is 0. The zero-order valence-electron chi connectivity index (χ0n) is 21.6. The molecule has 0 aliphatic heterocycles. The molecule has 0 aromatic heterocycles. The van der Waals surface area contributed by atoms with Gasteiger partial charge >= 0.3 is 0 Å². The number of carbonyl (C=O) groups is 2. The second-order valence-corrected chi connectivity index (χ2v) is 11.6. The van der Waals surface area contributed by atoms with Gasteiger partial charge in [-0.2, -0.15) is 0 Å². The van der Waals surface area contributed by atoms with Crippen LogP contribution in [0.1, 0.15) is 68.0 Å². The average Bonchev–Trinajstić information content (AvgIpc) is 2.99. The smallest absolute Gasteiger partial charge is 0.180 e. The molecule has 0 aliphatic rings. The number of unbranched alkanes of at least 4 members (excludes halogenated alkanes) is 3. The van der Waals surface area contributed by atoms with Crippen molar-refractivity contribution in [2.24, 2.45) is 0 Å². The van der Waals surface area contributed by atoms with Gasteiger partial charge < -0.3 is 0 Å². The van der Waals surface area contributed by atoms with Crippen molar-refractivity contribution in [3.8, 4) is 0 Å². The lowest BCUT2D eigenvalue weighted by Gasteiger charge is -2.17. The van der Waals surface area contributed by atoms with Crippen molar-refractivity contribution in [3.63, 3.8) is 0 Å². The Morgan fingerprint density at radius 2 is 0.763 bits per heavy atom. The van der Waals surface area contributed by atoms with Gasteiger partial charge in [0, 0.05) is 11.1 Å². The van der Waals surface area contributed by atoms with Crippen LogP contribution in [0.2, 0.25) is 0 Å². The molecule has 0 saturated heterocycles. The minimum absolute atomic E-state index is 0.174. The van der Waals surface area contributed by atoms with E-state index in [1.807, 2.05) is 97.1 Å². The highest BCUT2D eigenvalue weighted by molar-refractivity contribution is 8.00. The first-order chi connectivity index (χ1) is 18.7. The molecule has 4 rings (SSSR count). The molecule has 4 heteroatoms. The van der Waals surface area contributed by atoms with Crippen LogP contribution in [-0.4, -0.2) is 23.1 Å². The molecule has 2 nitrogen and oxygen atoms in total. The Morgan fingerprint density at radius 1 is 0.447 bits per heavy atom. The molecular weight excluding hydrogens is 505 g/mol. The van der Waals surface area contributed by atoms with E-state index in [4.69, 9.17) is 0 Å². The summed E-state index contributed by atoms with van der Waals surface area (Å²) >= 11 is 3.49. The van der Waals surface area contributed by atoms with E-state index in [2.05, 4.69) is 24.3 Å². The van der Waals surface area contributed by atoms with Gasteiger partial charge in [-0.3, -0.25) is 9.59 Å². The monoisotopic (exact) mass is 538 g/mol. The normalized spacial score (nSPS) is 12.5. The van der Waals surface area contributed by atoms with Crippen molar-refractivity contribution in [1.29, 1.82) is 0 Å². The van der Waals surface area contributed by atoms with Gasteiger partial charge in [0.1, 0.15) is 0 Å². The quantitative estimate of drug-likeness (QED) is 0.112. The second-order valence-electron chi connectivity index (χ2n) is 9.20. The average molecular weight is 539 g/mol. The number of benzene rings is 4. The molecule has 0 radical (unpaired) electrons. The molecule has 4 aromatic rings. The number of thioether (sulfide) groups is 2. The SMILES string of the molecule is O=C(c1ccccc1)C(SCCCCCCSC(C(=O)c1ccccc1)c1ccccc1)c1ccccc1. The minimum Gasteiger partial charge on any atom is -0.293 e. The first kappa shape index (κ1) is 27.9.